The monoisotopic (exact) mass is 240 g/mol. The van der Waals surface area contributed by atoms with E-state index >= 15 is 0 Å². The van der Waals surface area contributed by atoms with E-state index in [-0.39, 0.29) is 0 Å². The molecule has 0 saturated carbocycles. The van der Waals surface area contributed by atoms with Gasteiger partial charge in [-0.3, -0.25) is 4.98 Å². The molecule has 18 heavy (non-hydrogen) atoms. The maximum absolute atomic E-state index is 4.40. The van der Waals surface area contributed by atoms with Gasteiger partial charge in [0.1, 0.15) is 0 Å². The van der Waals surface area contributed by atoms with Crippen LogP contribution in [0.25, 0.3) is 0 Å². The lowest BCUT2D eigenvalue weighted by Gasteiger charge is -2.15. The van der Waals surface area contributed by atoms with Crippen LogP contribution in [0.2, 0.25) is 0 Å². The van der Waals surface area contributed by atoms with Crippen LogP contribution >= 0.6 is 0 Å². The lowest BCUT2D eigenvalue weighted by molar-refractivity contribution is 0.566. The van der Waals surface area contributed by atoms with Crippen molar-refractivity contribution >= 4 is 0 Å². The summed E-state index contributed by atoms with van der Waals surface area (Å²) in [5.41, 5.74) is 4.97. The van der Waals surface area contributed by atoms with Crippen molar-refractivity contribution in [3.05, 3.63) is 65.0 Å². The van der Waals surface area contributed by atoms with Gasteiger partial charge in [-0.25, -0.2) is 0 Å². The van der Waals surface area contributed by atoms with E-state index in [0.717, 1.165) is 12.2 Å². The van der Waals surface area contributed by atoms with Gasteiger partial charge in [0.2, 0.25) is 0 Å². The molecule has 0 aliphatic rings. The maximum atomic E-state index is 4.40. The first-order valence-corrected chi connectivity index (χ1v) is 6.37. The Labute approximate surface area is 109 Å². The Bertz CT molecular complexity index is 503. The second-order valence-electron chi connectivity index (χ2n) is 4.78. The molecule has 0 fully saturated rings. The van der Waals surface area contributed by atoms with Gasteiger partial charge in [-0.2, -0.15) is 0 Å². The highest BCUT2D eigenvalue weighted by molar-refractivity contribution is 5.24. The van der Waals surface area contributed by atoms with Crippen molar-refractivity contribution in [1.82, 2.24) is 10.3 Å². The lowest BCUT2D eigenvalue weighted by Crippen LogP contribution is -2.19. The van der Waals surface area contributed by atoms with Crippen molar-refractivity contribution < 1.29 is 0 Å². The molecule has 0 spiro atoms. The average molecular weight is 240 g/mol. The van der Waals surface area contributed by atoms with E-state index < -0.39 is 0 Å². The molecule has 0 saturated heterocycles. The van der Waals surface area contributed by atoms with Gasteiger partial charge >= 0.3 is 0 Å². The molecule has 1 aromatic carbocycles. The van der Waals surface area contributed by atoms with E-state index in [9.17, 15) is 0 Å². The number of nitrogens with one attached hydrogen (secondary N) is 1. The standard InChI is InChI=1S/C16H20N2/c1-12-6-8-15(9-7-12)14(3)18-11-16-13(2)5-4-10-17-16/h4-10,14,18H,11H2,1-3H3/t14-/m1/s1. The summed E-state index contributed by atoms with van der Waals surface area (Å²) in [6, 6.07) is 13.1. The Morgan fingerprint density at radius 3 is 2.50 bits per heavy atom. The third-order valence-corrected chi connectivity index (χ3v) is 3.27. The molecular formula is C16H20N2. The molecule has 1 N–H and O–H groups in total. The van der Waals surface area contributed by atoms with E-state index in [1.807, 2.05) is 12.3 Å². The molecular weight excluding hydrogens is 220 g/mol. The summed E-state index contributed by atoms with van der Waals surface area (Å²) in [6.45, 7) is 7.20. The Balaban J connectivity index is 1.98. The van der Waals surface area contributed by atoms with Gasteiger partial charge in [-0.15, -0.1) is 0 Å². The minimum Gasteiger partial charge on any atom is -0.305 e. The van der Waals surface area contributed by atoms with E-state index in [4.69, 9.17) is 0 Å². The first kappa shape index (κ1) is 12.8. The number of hydrogen-bond acceptors (Lipinski definition) is 2. The molecule has 0 aliphatic carbocycles. The largest absolute Gasteiger partial charge is 0.305 e. The van der Waals surface area contributed by atoms with Gasteiger partial charge in [0.25, 0.3) is 0 Å². The molecule has 0 aliphatic heterocycles. The smallest absolute Gasteiger partial charge is 0.0570 e. The number of rotatable bonds is 4. The van der Waals surface area contributed by atoms with Crippen LogP contribution in [0.4, 0.5) is 0 Å². The predicted molar refractivity (Wildman–Crippen MR) is 75.4 cm³/mol. The van der Waals surface area contributed by atoms with Gasteiger partial charge in [-0.05, 0) is 38.0 Å². The SMILES string of the molecule is Cc1ccc([C@@H](C)NCc2ncccc2C)cc1. The summed E-state index contributed by atoms with van der Waals surface area (Å²) < 4.78 is 0. The Morgan fingerprint density at radius 2 is 1.83 bits per heavy atom. The van der Waals surface area contributed by atoms with Crippen molar-refractivity contribution in [1.29, 1.82) is 0 Å². The number of pyridine rings is 1. The fourth-order valence-corrected chi connectivity index (χ4v) is 1.93. The molecule has 0 amide bonds. The fourth-order valence-electron chi connectivity index (χ4n) is 1.93. The Kier molecular flexibility index (Phi) is 4.11. The van der Waals surface area contributed by atoms with Crippen molar-refractivity contribution in [3.63, 3.8) is 0 Å². The highest BCUT2D eigenvalue weighted by atomic mass is 14.9. The quantitative estimate of drug-likeness (QED) is 0.884. The van der Waals surface area contributed by atoms with Crippen molar-refractivity contribution in [2.24, 2.45) is 0 Å². The number of aryl methyl sites for hydroxylation is 2. The zero-order chi connectivity index (χ0) is 13.0. The first-order valence-electron chi connectivity index (χ1n) is 6.37. The summed E-state index contributed by atoms with van der Waals surface area (Å²) in [6.07, 6.45) is 1.85. The van der Waals surface area contributed by atoms with Crippen LogP contribution in [0.3, 0.4) is 0 Å². The molecule has 1 aromatic heterocycles. The molecule has 94 valence electrons. The normalized spacial score (nSPS) is 12.4. The van der Waals surface area contributed by atoms with Crippen LogP contribution in [0.1, 0.15) is 35.3 Å². The van der Waals surface area contributed by atoms with Gasteiger partial charge in [0.15, 0.2) is 0 Å². The highest BCUT2D eigenvalue weighted by Crippen LogP contribution is 2.14. The lowest BCUT2D eigenvalue weighted by atomic mass is 10.1. The van der Waals surface area contributed by atoms with Gasteiger partial charge < -0.3 is 5.32 Å². The second-order valence-corrected chi connectivity index (χ2v) is 4.78. The van der Waals surface area contributed by atoms with Crippen molar-refractivity contribution in [2.45, 2.75) is 33.4 Å². The van der Waals surface area contributed by atoms with Crippen molar-refractivity contribution in [2.75, 3.05) is 0 Å². The topological polar surface area (TPSA) is 24.9 Å². The minimum atomic E-state index is 0.340. The Hall–Kier alpha value is -1.67. The van der Waals surface area contributed by atoms with E-state index in [2.05, 4.69) is 61.4 Å². The summed E-state index contributed by atoms with van der Waals surface area (Å²) in [5.74, 6) is 0. The van der Waals surface area contributed by atoms with E-state index in [1.54, 1.807) is 0 Å². The maximum Gasteiger partial charge on any atom is 0.0570 e. The van der Waals surface area contributed by atoms with Crippen LogP contribution in [0, 0.1) is 13.8 Å². The van der Waals surface area contributed by atoms with Crippen LogP contribution < -0.4 is 5.32 Å². The number of hydrogen-bond donors (Lipinski definition) is 1. The molecule has 2 heteroatoms. The van der Waals surface area contributed by atoms with Gasteiger partial charge in [-0.1, -0.05) is 35.9 Å². The summed E-state index contributed by atoms with van der Waals surface area (Å²) in [4.78, 5) is 4.40. The summed E-state index contributed by atoms with van der Waals surface area (Å²) in [7, 11) is 0. The molecule has 1 heterocycles. The number of nitrogens with zero attached hydrogens (tertiary/aromatic N) is 1. The third kappa shape index (κ3) is 3.17. The Morgan fingerprint density at radius 1 is 1.11 bits per heavy atom. The van der Waals surface area contributed by atoms with Crippen molar-refractivity contribution in [3.8, 4) is 0 Å². The minimum absolute atomic E-state index is 0.340. The molecule has 0 unspecified atom stereocenters. The zero-order valence-corrected chi connectivity index (χ0v) is 11.3. The van der Waals surface area contributed by atoms with Crippen LogP contribution in [-0.4, -0.2) is 4.98 Å². The molecule has 2 aromatic rings. The summed E-state index contributed by atoms with van der Waals surface area (Å²) >= 11 is 0. The van der Waals surface area contributed by atoms with Gasteiger partial charge in [0.05, 0.1) is 5.69 Å². The molecule has 1 atom stereocenters. The molecule has 0 bridgehead atoms. The van der Waals surface area contributed by atoms with Crippen LogP contribution in [-0.2, 0) is 6.54 Å². The van der Waals surface area contributed by atoms with Gasteiger partial charge in [0, 0.05) is 18.8 Å². The van der Waals surface area contributed by atoms with Crippen LogP contribution in [0.5, 0.6) is 0 Å². The highest BCUT2D eigenvalue weighted by Gasteiger charge is 2.05. The zero-order valence-electron chi connectivity index (χ0n) is 11.3. The molecule has 2 nitrogen and oxygen atoms in total. The average Bonchev–Trinajstić information content (AvgIpc) is 2.38. The number of benzene rings is 1. The van der Waals surface area contributed by atoms with E-state index in [1.165, 1.54) is 16.7 Å². The summed E-state index contributed by atoms with van der Waals surface area (Å²) in [5, 5.41) is 3.51. The predicted octanol–water partition coefficient (Wildman–Crippen LogP) is 3.55. The third-order valence-electron chi connectivity index (χ3n) is 3.27. The first-order chi connectivity index (χ1) is 8.66. The second kappa shape index (κ2) is 5.78. The fraction of sp³-hybridized carbons (Fsp3) is 0.312. The number of aromatic nitrogens is 1. The van der Waals surface area contributed by atoms with Crippen LogP contribution in [0.15, 0.2) is 42.6 Å². The van der Waals surface area contributed by atoms with E-state index in [0.29, 0.717) is 6.04 Å². The molecule has 0 radical (unpaired) electrons. The molecule has 2 rings (SSSR count).